The highest BCUT2D eigenvalue weighted by Gasteiger charge is 2.50. The van der Waals surface area contributed by atoms with E-state index in [4.69, 9.17) is 19.3 Å². The zero-order valence-electron chi connectivity index (χ0n) is 29.8. The van der Waals surface area contributed by atoms with Gasteiger partial charge in [-0.15, -0.1) is 0 Å². The van der Waals surface area contributed by atoms with Gasteiger partial charge in [0.1, 0.15) is 23.6 Å². The van der Waals surface area contributed by atoms with Crippen LogP contribution in [0.4, 0.5) is 16.2 Å². The van der Waals surface area contributed by atoms with Gasteiger partial charge in [-0.1, -0.05) is 43.7 Å². The third-order valence-electron chi connectivity index (χ3n) is 10.0. The topological polar surface area (TPSA) is 243 Å². The minimum absolute atomic E-state index is 0.0213. The Morgan fingerprint density at radius 1 is 1.04 bits per heavy atom. The van der Waals surface area contributed by atoms with Gasteiger partial charge in [-0.25, -0.2) is 9.59 Å². The molecule has 2 aromatic carbocycles. The van der Waals surface area contributed by atoms with E-state index < -0.39 is 89.0 Å². The standard InChI is InChI=1S/C38H40N4O12/c1-4-5-11-42(37(50)52-17-25-35(54-38(51)53-25)18-9-7-6-8-10-18)16-26(44)40-22-15-23(41(2)3)21-13-19-12-20-14-24(43)30(36(39)49)34(48)28(20)32(46)27(19)33(47)29(21)31(22)45/h6-10,15,19-20,28,43,45-46H,4-5,11-14,16-17H2,1-3H3,(H2,39,49)(H,40,44). The molecule has 6 rings (SSSR count). The fourth-order valence-corrected chi connectivity index (χ4v) is 7.56. The summed E-state index contributed by atoms with van der Waals surface area (Å²) in [6.45, 7) is 1.05. The van der Waals surface area contributed by atoms with Crippen LogP contribution >= 0.6 is 0 Å². The average molecular weight is 745 g/mol. The summed E-state index contributed by atoms with van der Waals surface area (Å²) >= 11 is 0. The molecule has 3 aliphatic carbocycles. The maximum absolute atomic E-state index is 14.2. The second kappa shape index (κ2) is 15.0. The van der Waals surface area contributed by atoms with Gasteiger partial charge in [0.05, 0.1) is 17.2 Å². The Labute approximate surface area is 308 Å². The number of aliphatic hydroxyl groups is 2. The van der Waals surface area contributed by atoms with Gasteiger partial charge in [0.15, 0.2) is 35.4 Å². The van der Waals surface area contributed by atoms with Crippen LogP contribution in [0.2, 0.25) is 0 Å². The van der Waals surface area contributed by atoms with Crippen LogP contribution in [0.25, 0.3) is 11.3 Å². The van der Waals surface area contributed by atoms with Crippen molar-refractivity contribution < 1.29 is 52.9 Å². The van der Waals surface area contributed by atoms with Crippen molar-refractivity contribution in [1.29, 1.82) is 0 Å². The molecule has 0 fully saturated rings. The molecular formula is C38H40N4O12. The zero-order chi connectivity index (χ0) is 39.0. The number of carbonyl (C=O) groups excluding carboxylic acids is 5. The number of nitrogens with zero attached hydrogens (tertiary/aromatic N) is 2. The highest BCUT2D eigenvalue weighted by molar-refractivity contribution is 6.22. The molecule has 3 unspecified atom stereocenters. The second-order valence-electron chi connectivity index (χ2n) is 13.7. The number of fused-ring (bicyclic) bond motifs is 3. The number of hydrogen-bond donors (Lipinski definition) is 5. The number of unbranched alkanes of at least 4 members (excludes halogenated alkanes) is 1. The number of primary amides is 1. The molecule has 284 valence electrons. The molecule has 3 atom stereocenters. The van der Waals surface area contributed by atoms with Crippen molar-refractivity contribution in [2.24, 2.45) is 23.5 Å². The summed E-state index contributed by atoms with van der Waals surface area (Å²) in [5.74, 6) is -8.43. The first-order valence-corrected chi connectivity index (χ1v) is 17.4. The van der Waals surface area contributed by atoms with Gasteiger partial charge in [-0.2, -0.15) is 0 Å². The van der Waals surface area contributed by atoms with Crippen molar-refractivity contribution in [3.63, 3.8) is 0 Å². The summed E-state index contributed by atoms with van der Waals surface area (Å²) in [4.78, 5) is 80.8. The summed E-state index contributed by atoms with van der Waals surface area (Å²) in [6, 6.07) is 10.1. The highest BCUT2D eigenvalue weighted by atomic mass is 16.6. The number of rotatable bonds is 11. The molecule has 0 radical (unpaired) electrons. The number of allylic oxidation sites excluding steroid dienone is 3. The van der Waals surface area contributed by atoms with E-state index in [9.17, 15) is 44.1 Å². The Balaban J connectivity index is 1.24. The molecule has 0 saturated heterocycles. The highest BCUT2D eigenvalue weighted by Crippen LogP contribution is 2.51. The van der Waals surface area contributed by atoms with E-state index >= 15 is 0 Å². The van der Waals surface area contributed by atoms with Crippen LogP contribution in [0.5, 0.6) is 5.75 Å². The molecule has 16 heteroatoms. The Morgan fingerprint density at radius 2 is 1.76 bits per heavy atom. The molecule has 54 heavy (non-hydrogen) atoms. The van der Waals surface area contributed by atoms with Crippen molar-refractivity contribution >= 4 is 40.8 Å². The third kappa shape index (κ3) is 6.93. The lowest BCUT2D eigenvalue weighted by molar-refractivity contribution is -0.126. The van der Waals surface area contributed by atoms with E-state index in [2.05, 4.69) is 5.32 Å². The fraction of sp³-hybridized carbons (Fsp3) is 0.368. The van der Waals surface area contributed by atoms with Gasteiger partial charge in [0.25, 0.3) is 5.91 Å². The van der Waals surface area contributed by atoms with E-state index in [1.54, 1.807) is 49.3 Å². The number of nitrogens with one attached hydrogen (secondary N) is 1. The molecular weight excluding hydrogens is 704 g/mol. The van der Waals surface area contributed by atoms with Gasteiger partial charge in [-0.3, -0.25) is 24.1 Å². The quantitative estimate of drug-likeness (QED) is 0.137. The number of phenolic OH excluding ortho intramolecular Hbond substituents is 1. The minimum Gasteiger partial charge on any atom is -0.511 e. The van der Waals surface area contributed by atoms with Crippen molar-refractivity contribution in [2.75, 3.05) is 37.4 Å². The smallest absolute Gasteiger partial charge is 0.511 e. The number of carbonyl (C=O) groups is 5. The number of ether oxygens (including phenoxy) is 1. The zero-order valence-corrected chi connectivity index (χ0v) is 29.8. The first kappa shape index (κ1) is 37.4. The molecule has 1 heterocycles. The number of aromatic hydroxyl groups is 1. The van der Waals surface area contributed by atoms with E-state index in [1.165, 1.54) is 6.07 Å². The van der Waals surface area contributed by atoms with Crippen LogP contribution < -0.4 is 21.8 Å². The Hall–Kier alpha value is -6.32. The second-order valence-corrected chi connectivity index (χ2v) is 13.7. The Kier molecular flexibility index (Phi) is 10.4. The molecule has 3 amide bonds. The molecule has 0 aliphatic heterocycles. The molecule has 6 N–H and O–H groups in total. The largest absolute Gasteiger partial charge is 0.519 e. The van der Waals surface area contributed by atoms with Crippen LogP contribution in [0, 0.1) is 17.8 Å². The third-order valence-corrected chi connectivity index (χ3v) is 10.0. The monoisotopic (exact) mass is 744 g/mol. The molecule has 16 nitrogen and oxygen atoms in total. The van der Waals surface area contributed by atoms with Crippen LogP contribution in [0.1, 0.15) is 54.3 Å². The number of anilines is 2. The molecule has 3 aromatic rings. The number of aliphatic hydroxyl groups excluding tert-OH is 2. The van der Waals surface area contributed by atoms with Crippen molar-refractivity contribution in [3.8, 4) is 17.1 Å². The van der Waals surface area contributed by atoms with E-state index in [1.807, 2.05) is 6.92 Å². The van der Waals surface area contributed by atoms with Crippen molar-refractivity contribution in [1.82, 2.24) is 4.90 Å². The summed E-state index contributed by atoms with van der Waals surface area (Å²) in [6.07, 6.45) is 0.634. The number of Topliss-reactive ketones (excluding diaryl/α,β-unsaturated/α-hetero) is 2. The lowest BCUT2D eigenvalue weighted by Crippen LogP contribution is -2.43. The Bertz CT molecular complexity index is 2160. The normalized spacial score (nSPS) is 19.1. The predicted octanol–water partition coefficient (Wildman–Crippen LogP) is 4.12. The fourth-order valence-electron chi connectivity index (χ4n) is 7.56. The van der Waals surface area contributed by atoms with Crippen LogP contribution in [0.3, 0.4) is 0 Å². The molecule has 0 spiro atoms. The molecule has 1 aromatic heterocycles. The number of amides is 3. The summed E-state index contributed by atoms with van der Waals surface area (Å²) in [7, 11) is 3.43. The van der Waals surface area contributed by atoms with E-state index in [-0.39, 0.29) is 54.2 Å². The van der Waals surface area contributed by atoms with Gasteiger partial charge in [-0.05, 0) is 42.7 Å². The lowest BCUT2D eigenvalue weighted by Gasteiger charge is -2.41. The summed E-state index contributed by atoms with van der Waals surface area (Å²) < 4.78 is 15.7. The summed E-state index contributed by atoms with van der Waals surface area (Å²) in [5, 5.41) is 35.9. The molecule has 3 aliphatic rings. The van der Waals surface area contributed by atoms with Crippen molar-refractivity contribution in [2.45, 2.75) is 45.6 Å². The van der Waals surface area contributed by atoms with Crippen LogP contribution in [-0.4, -0.2) is 76.9 Å². The first-order valence-electron chi connectivity index (χ1n) is 17.4. The number of hydrogen-bond acceptors (Lipinski definition) is 13. The van der Waals surface area contributed by atoms with Crippen molar-refractivity contribution in [3.05, 3.63) is 86.6 Å². The number of nitrogens with two attached hydrogens (primary N) is 1. The van der Waals surface area contributed by atoms with E-state index in [0.29, 0.717) is 29.7 Å². The maximum Gasteiger partial charge on any atom is 0.519 e. The summed E-state index contributed by atoms with van der Waals surface area (Å²) in [5.41, 5.74) is 5.78. The lowest BCUT2D eigenvalue weighted by atomic mass is 9.62. The number of ketones is 2. The van der Waals surface area contributed by atoms with Gasteiger partial charge >= 0.3 is 11.9 Å². The van der Waals surface area contributed by atoms with Gasteiger partial charge in [0.2, 0.25) is 5.91 Å². The predicted molar refractivity (Wildman–Crippen MR) is 192 cm³/mol. The van der Waals surface area contributed by atoms with Gasteiger partial charge in [0, 0.05) is 43.9 Å². The van der Waals surface area contributed by atoms with E-state index in [0.717, 1.165) is 4.90 Å². The number of phenols is 1. The SMILES string of the molecule is CCCCN(CC(=O)Nc1cc(N(C)C)c2c(c1O)C(=O)C1=C(O)C3C(=O)C(C(N)=O)=C(O)CC3CC1C2)C(=O)OCc1oc(=O)oc1-c1ccccc1. The first-order chi connectivity index (χ1) is 25.7. The minimum atomic E-state index is -1.28. The van der Waals surface area contributed by atoms with Crippen LogP contribution in [0.15, 0.2) is 72.7 Å². The molecule has 0 saturated carbocycles. The number of benzene rings is 2. The maximum atomic E-state index is 14.2. The van der Waals surface area contributed by atoms with Gasteiger partial charge < -0.3 is 44.8 Å². The average Bonchev–Trinajstić information content (AvgIpc) is 3.49. The van der Waals surface area contributed by atoms with Crippen LogP contribution in [-0.2, 0) is 32.1 Å². The Morgan fingerprint density at radius 3 is 2.43 bits per heavy atom. The molecule has 0 bridgehead atoms.